The number of benzene rings is 3. The van der Waals surface area contributed by atoms with Crippen molar-refractivity contribution in [2.24, 2.45) is 5.73 Å². The highest BCUT2D eigenvalue weighted by Gasteiger charge is 2.12. The molecule has 0 fully saturated rings. The average Bonchev–Trinajstić information content (AvgIpc) is 2.79. The fourth-order valence-corrected chi connectivity index (χ4v) is 3.13. The van der Waals surface area contributed by atoms with Gasteiger partial charge in [-0.15, -0.1) is 0 Å². The number of hydrogen-bond acceptors (Lipinski definition) is 7. The van der Waals surface area contributed by atoms with Crippen LogP contribution in [0.15, 0.2) is 66.7 Å². The lowest BCUT2D eigenvalue weighted by Crippen LogP contribution is -2.32. The lowest BCUT2D eigenvalue weighted by Gasteiger charge is -2.07. The van der Waals surface area contributed by atoms with E-state index in [0.717, 1.165) is 12.0 Å². The van der Waals surface area contributed by atoms with Gasteiger partial charge in [-0.05, 0) is 34.7 Å². The van der Waals surface area contributed by atoms with E-state index in [-0.39, 0.29) is 18.3 Å². The van der Waals surface area contributed by atoms with Gasteiger partial charge in [0.2, 0.25) is 11.9 Å². The molecule has 1 unspecified atom stereocenters. The first-order chi connectivity index (χ1) is 15.4. The average molecular weight is 431 g/mol. The van der Waals surface area contributed by atoms with Crippen LogP contribution in [0.5, 0.6) is 0 Å². The molecule has 1 aromatic heterocycles. The third-order valence-electron chi connectivity index (χ3n) is 4.88. The highest BCUT2D eigenvalue weighted by molar-refractivity contribution is 5.83. The summed E-state index contributed by atoms with van der Waals surface area (Å²) in [7, 11) is 0. The summed E-state index contributed by atoms with van der Waals surface area (Å²) in [5, 5.41) is 11.4. The molecule has 8 nitrogen and oxygen atoms in total. The molecule has 1 atom stereocenters. The summed E-state index contributed by atoms with van der Waals surface area (Å²) in [5.41, 5.74) is 19.4. The molecule has 4 aromatic rings. The largest absolute Gasteiger partial charge is 0.480 e. The molecule has 164 valence electrons. The lowest BCUT2D eigenvalue weighted by atomic mass is 10.0. The van der Waals surface area contributed by atoms with E-state index in [1.165, 1.54) is 16.3 Å². The number of aliphatic carboxylic acids is 1. The smallest absolute Gasteiger partial charge is 0.320 e. The highest BCUT2D eigenvalue weighted by Crippen LogP contribution is 2.18. The molecule has 1 heterocycles. The van der Waals surface area contributed by atoms with Crippen molar-refractivity contribution in [2.45, 2.75) is 25.8 Å². The molecule has 0 bridgehead atoms. The molecule has 0 amide bonds. The second-order valence-electron chi connectivity index (χ2n) is 7.26. The van der Waals surface area contributed by atoms with Crippen molar-refractivity contribution in [3.05, 3.63) is 77.9 Å². The number of aryl methyl sites for hydroxylation is 1. The van der Waals surface area contributed by atoms with E-state index < -0.39 is 12.0 Å². The Morgan fingerprint density at radius 1 is 0.875 bits per heavy atom. The van der Waals surface area contributed by atoms with E-state index in [1.54, 1.807) is 24.3 Å². The first-order valence-corrected chi connectivity index (χ1v) is 10.2. The van der Waals surface area contributed by atoms with Crippen LogP contribution in [0.3, 0.4) is 0 Å². The molecule has 0 aliphatic heterocycles. The number of anilines is 2. The number of carbonyl (C=O) groups is 1. The van der Waals surface area contributed by atoms with Crippen molar-refractivity contribution in [1.29, 1.82) is 0 Å². The van der Waals surface area contributed by atoms with E-state index in [2.05, 4.69) is 64.3 Å². The third kappa shape index (κ3) is 5.99. The molecule has 8 heteroatoms. The Kier molecular flexibility index (Phi) is 7.30. The molecule has 7 N–H and O–H groups in total. The molecular weight excluding hydrogens is 404 g/mol. The number of nitrogens with zero attached hydrogens (tertiary/aromatic N) is 3. The molecule has 0 aliphatic rings. The van der Waals surface area contributed by atoms with E-state index in [9.17, 15) is 4.79 Å². The predicted octanol–water partition coefficient (Wildman–Crippen LogP) is 3.06. The van der Waals surface area contributed by atoms with Crippen molar-refractivity contribution >= 4 is 28.6 Å². The van der Waals surface area contributed by atoms with Crippen LogP contribution in [0, 0.1) is 0 Å². The fraction of sp³-hybridized carbons (Fsp3) is 0.167. The molecule has 0 spiro atoms. The van der Waals surface area contributed by atoms with Gasteiger partial charge in [0.15, 0.2) is 5.82 Å². The van der Waals surface area contributed by atoms with E-state index in [1.807, 2.05) is 0 Å². The van der Waals surface area contributed by atoms with Crippen molar-refractivity contribution in [3.8, 4) is 11.4 Å². The Morgan fingerprint density at radius 3 is 2.06 bits per heavy atom. The maximum Gasteiger partial charge on any atom is 0.320 e. The van der Waals surface area contributed by atoms with Gasteiger partial charge >= 0.3 is 5.97 Å². The fourth-order valence-electron chi connectivity index (χ4n) is 3.13. The van der Waals surface area contributed by atoms with Crippen LogP contribution in [0.4, 0.5) is 11.9 Å². The quantitative estimate of drug-likeness (QED) is 0.377. The number of fused-ring (bicyclic) bond motifs is 1. The zero-order chi connectivity index (χ0) is 23.1. The number of aromatic nitrogens is 3. The third-order valence-corrected chi connectivity index (χ3v) is 4.88. The number of carboxylic acids is 1. The number of nitrogens with two attached hydrogens (primary N) is 3. The zero-order valence-corrected chi connectivity index (χ0v) is 17.8. The van der Waals surface area contributed by atoms with Crippen molar-refractivity contribution in [1.82, 2.24) is 15.0 Å². The normalized spacial score (nSPS) is 11.4. The number of carboxylic acid groups (broad SMARTS) is 1. The van der Waals surface area contributed by atoms with Crippen LogP contribution >= 0.6 is 0 Å². The van der Waals surface area contributed by atoms with E-state index in [4.69, 9.17) is 22.3 Å². The minimum atomic E-state index is -1.04. The van der Waals surface area contributed by atoms with Gasteiger partial charge in [-0.25, -0.2) is 0 Å². The van der Waals surface area contributed by atoms with Crippen LogP contribution in [0.25, 0.3) is 22.2 Å². The Labute approximate surface area is 186 Å². The molecule has 3 aromatic carbocycles. The van der Waals surface area contributed by atoms with Gasteiger partial charge in [0, 0.05) is 5.56 Å². The van der Waals surface area contributed by atoms with Crippen molar-refractivity contribution in [3.63, 3.8) is 0 Å². The second kappa shape index (κ2) is 10.3. The Hall–Kier alpha value is -4.04. The molecule has 0 saturated carbocycles. The SMILES string of the molecule is CCc1ccc2ccccc2c1.Nc1nc(N)nc(-c2ccc(CC(N)C(=O)O)cc2)n1. The van der Waals surface area contributed by atoms with E-state index in [0.29, 0.717) is 11.4 Å². The lowest BCUT2D eigenvalue weighted by molar-refractivity contribution is -0.138. The molecule has 0 radical (unpaired) electrons. The molecule has 0 saturated heterocycles. The summed E-state index contributed by atoms with van der Waals surface area (Å²) in [6.07, 6.45) is 1.36. The highest BCUT2D eigenvalue weighted by atomic mass is 16.4. The predicted molar refractivity (Wildman–Crippen MR) is 127 cm³/mol. The van der Waals surface area contributed by atoms with Crippen LogP contribution in [-0.4, -0.2) is 32.1 Å². The van der Waals surface area contributed by atoms with Gasteiger partial charge in [0.1, 0.15) is 6.04 Å². The summed E-state index contributed by atoms with van der Waals surface area (Å²) < 4.78 is 0. The van der Waals surface area contributed by atoms with Crippen molar-refractivity contribution < 1.29 is 9.90 Å². The summed E-state index contributed by atoms with van der Waals surface area (Å²) in [6.45, 7) is 2.18. The van der Waals surface area contributed by atoms with Gasteiger partial charge in [-0.3, -0.25) is 4.79 Å². The molecule has 0 aliphatic carbocycles. The first kappa shape index (κ1) is 22.6. The number of nitrogen functional groups attached to an aromatic ring is 2. The minimum Gasteiger partial charge on any atom is -0.480 e. The van der Waals surface area contributed by atoms with Crippen molar-refractivity contribution in [2.75, 3.05) is 11.5 Å². The monoisotopic (exact) mass is 430 g/mol. The topological polar surface area (TPSA) is 154 Å². The zero-order valence-electron chi connectivity index (χ0n) is 17.8. The molecule has 32 heavy (non-hydrogen) atoms. The van der Waals surface area contributed by atoms with Gasteiger partial charge in [0.05, 0.1) is 0 Å². The van der Waals surface area contributed by atoms with Crippen LogP contribution in [0.2, 0.25) is 0 Å². The summed E-state index contributed by atoms with van der Waals surface area (Å²) in [5.74, 6) is -0.579. The van der Waals surface area contributed by atoms with E-state index >= 15 is 0 Å². The molecular formula is C24H26N6O2. The van der Waals surface area contributed by atoms with Gasteiger partial charge in [0.25, 0.3) is 0 Å². The van der Waals surface area contributed by atoms with Crippen LogP contribution < -0.4 is 17.2 Å². The van der Waals surface area contributed by atoms with Gasteiger partial charge < -0.3 is 22.3 Å². The maximum absolute atomic E-state index is 10.7. The van der Waals surface area contributed by atoms with Crippen LogP contribution in [0.1, 0.15) is 18.1 Å². The minimum absolute atomic E-state index is 0.0458. The van der Waals surface area contributed by atoms with Gasteiger partial charge in [-0.1, -0.05) is 73.7 Å². The Balaban J connectivity index is 0.000000204. The first-order valence-electron chi connectivity index (χ1n) is 10.2. The Morgan fingerprint density at radius 2 is 1.47 bits per heavy atom. The molecule has 4 rings (SSSR count). The summed E-state index contributed by atoms with van der Waals surface area (Å²) in [4.78, 5) is 22.3. The number of rotatable bonds is 5. The second-order valence-corrected chi connectivity index (χ2v) is 7.26. The maximum atomic E-state index is 10.7. The Bertz CT molecular complexity index is 1190. The van der Waals surface area contributed by atoms with Crippen LogP contribution in [-0.2, 0) is 17.6 Å². The standard InChI is InChI=1S/C12H14N6O2.C12H12/c13-8(10(19)20)5-6-1-3-7(4-2-6)9-16-11(14)18-12(15)17-9;1-2-10-7-8-11-5-3-4-6-12(11)9-10/h1-4,8H,5,13H2,(H,19,20)(H4,14,15,16,17,18);3-9H,2H2,1H3. The number of hydrogen-bond donors (Lipinski definition) is 4. The summed E-state index contributed by atoms with van der Waals surface area (Å²) >= 11 is 0. The summed E-state index contributed by atoms with van der Waals surface area (Å²) in [6, 6.07) is 21.2. The van der Waals surface area contributed by atoms with Gasteiger partial charge in [-0.2, -0.15) is 15.0 Å².